The number of carbonyl (C=O) groups is 1. The van der Waals surface area contributed by atoms with Crippen molar-refractivity contribution in [3.8, 4) is 0 Å². The minimum Gasteiger partial charge on any atom is -0.398 e. The Labute approximate surface area is 125 Å². The lowest BCUT2D eigenvalue weighted by atomic mass is 9.91. The zero-order valence-electron chi connectivity index (χ0n) is 12.5. The minimum atomic E-state index is -0.00296. The number of aliphatic hydroxyl groups excluding tert-OH is 1. The number of benzene rings is 2. The molecule has 0 saturated carbocycles. The lowest BCUT2D eigenvalue weighted by Gasteiger charge is -2.13. The highest BCUT2D eigenvalue weighted by Crippen LogP contribution is 2.31. The second-order valence-electron chi connectivity index (χ2n) is 5.58. The SMILES string of the molecule is CC(C)CCO.Nc1ccc2cccc3c2c1C(=O)C=C3. The van der Waals surface area contributed by atoms with E-state index < -0.39 is 0 Å². The fraction of sp³-hybridized carbons (Fsp3) is 0.278. The second kappa shape index (κ2) is 6.55. The van der Waals surface area contributed by atoms with Crippen LogP contribution in [0.2, 0.25) is 0 Å². The van der Waals surface area contributed by atoms with E-state index in [0.717, 1.165) is 22.8 Å². The number of anilines is 1. The van der Waals surface area contributed by atoms with E-state index >= 15 is 0 Å². The summed E-state index contributed by atoms with van der Waals surface area (Å²) < 4.78 is 0. The molecule has 0 radical (unpaired) electrons. The highest BCUT2D eigenvalue weighted by Gasteiger charge is 2.16. The van der Waals surface area contributed by atoms with Gasteiger partial charge in [-0.05, 0) is 35.4 Å². The van der Waals surface area contributed by atoms with E-state index in [1.807, 2.05) is 30.3 Å². The van der Waals surface area contributed by atoms with Gasteiger partial charge in [0.1, 0.15) is 0 Å². The first-order valence-electron chi connectivity index (χ1n) is 7.19. The Morgan fingerprint density at radius 2 is 1.90 bits per heavy atom. The third-order valence-electron chi connectivity index (χ3n) is 3.48. The molecule has 3 rings (SSSR count). The summed E-state index contributed by atoms with van der Waals surface area (Å²) in [5.41, 5.74) is 8.10. The molecule has 0 unspecified atom stereocenters. The molecule has 3 heteroatoms. The average molecular weight is 283 g/mol. The summed E-state index contributed by atoms with van der Waals surface area (Å²) in [7, 11) is 0. The van der Waals surface area contributed by atoms with E-state index in [1.54, 1.807) is 12.1 Å². The number of carbonyl (C=O) groups excluding carboxylic acids is 1. The summed E-state index contributed by atoms with van der Waals surface area (Å²) in [6.07, 6.45) is 4.35. The van der Waals surface area contributed by atoms with Crippen molar-refractivity contribution < 1.29 is 9.90 Å². The van der Waals surface area contributed by atoms with Crippen molar-refractivity contribution in [1.29, 1.82) is 0 Å². The summed E-state index contributed by atoms with van der Waals surface area (Å²) >= 11 is 0. The zero-order valence-corrected chi connectivity index (χ0v) is 12.5. The van der Waals surface area contributed by atoms with Crippen molar-refractivity contribution in [2.24, 2.45) is 5.92 Å². The van der Waals surface area contributed by atoms with Gasteiger partial charge in [-0.25, -0.2) is 0 Å². The molecule has 3 nitrogen and oxygen atoms in total. The van der Waals surface area contributed by atoms with Gasteiger partial charge in [0.2, 0.25) is 0 Å². The van der Waals surface area contributed by atoms with E-state index in [0.29, 0.717) is 23.8 Å². The maximum absolute atomic E-state index is 11.7. The van der Waals surface area contributed by atoms with Crippen molar-refractivity contribution in [3.05, 3.63) is 47.5 Å². The molecule has 0 amide bonds. The number of nitrogen functional groups attached to an aromatic ring is 1. The molecule has 0 aliphatic heterocycles. The van der Waals surface area contributed by atoms with Crippen molar-refractivity contribution in [3.63, 3.8) is 0 Å². The Bertz CT molecular complexity index is 687. The smallest absolute Gasteiger partial charge is 0.188 e. The van der Waals surface area contributed by atoms with E-state index in [1.165, 1.54) is 0 Å². The summed E-state index contributed by atoms with van der Waals surface area (Å²) in [6, 6.07) is 9.71. The fourth-order valence-electron chi connectivity index (χ4n) is 2.33. The lowest BCUT2D eigenvalue weighted by molar-refractivity contribution is 0.104. The highest BCUT2D eigenvalue weighted by atomic mass is 16.3. The molecule has 0 atom stereocenters. The standard InChI is InChI=1S/C13H9NO.C5H12O/c14-10-6-4-8-2-1-3-9-5-7-11(15)13(10)12(8)9;1-5(2)3-4-6/h1-7H,14H2;5-6H,3-4H2,1-2H3. The molecule has 1 aliphatic carbocycles. The Kier molecular flexibility index (Phi) is 4.76. The van der Waals surface area contributed by atoms with Gasteiger partial charge in [0.15, 0.2) is 5.78 Å². The molecule has 0 spiro atoms. The molecular formula is C18H21NO2. The van der Waals surface area contributed by atoms with E-state index in [9.17, 15) is 4.79 Å². The maximum atomic E-state index is 11.7. The quantitative estimate of drug-likeness (QED) is 0.827. The monoisotopic (exact) mass is 283 g/mol. The van der Waals surface area contributed by atoms with Crippen LogP contribution in [0.4, 0.5) is 5.69 Å². The van der Waals surface area contributed by atoms with Crippen LogP contribution in [-0.2, 0) is 0 Å². The molecule has 0 bridgehead atoms. The van der Waals surface area contributed by atoms with Gasteiger partial charge < -0.3 is 10.8 Å². The Balaban J connectivity index is 0.000000232. The number of allylic oxidation sites excluding steroid dienone is 1. The van der Waals surface area contributed by atoms with E-state index in [4.69, 9.17) is 10.8 Å². The van der Waals surface area contributed by atoms with Gasteiger partial charge in [-0.1, -0.05) is 44.2 Å². The number of ketones is 1. The molecule has 110 valence electrons. The van der Waals surface area contributed by atoms with E-state index in [-0.39, 0.29) is 5.78 Å². The minimum absolute atomic E-state index is 0.00296. The Morgan fingerprint density at radius 1 is 1.14 bits per heavy atom. The highest BCUT2D eigenvalue weighted by molar-refractivity contribution is 6.22. The van der Waals surface area contributed by atoms with Gasteiger partial charge in [-0.15, -0.1) is 0 Å². The molecule has 0 fully saturated rings. The largest absolute Gasteiger partial charge is 0.398 e. The summed E-state index contributed by atoms with van der Waals surface area (Å²) in [5, 5.41) is 10.3. The van der Waals surface area contributed by atoms with Crippen LogP contribution >= 0.6 is 0 Å². The topological polar surface area (TPSA) is 63.3 Å². The molecular weight excluding hydrogens is 262 g/mol. The van der Waals surface area contributed by atoms with Crippen LogP contribution in [0.3, 0.4) is 0 Å². The molecule has 21 heavy (non-hydrogen) atoms. The zero-order chi connectivity index (χ0) is 15.4. The van der Waals surface area contributed by atoms with Crippen LogP contribution in [0.1, 0.15) is 36.2 Å². The van der Waals surface area contributed by atoms with Gasteiger partial charge >= 0.3 is 0 Å². The molecule has 0 heterocycles. The lowest BCUT2D eigenvalue weighted by Crippen LogP contribution is -2.05. The number of hydrogen-bond acceptors (Lipinski definition) is 3. The first-order valence-corrected chi connectivity index (χ1v) is 7.19. The van der Waals surface area contributed by atoms with Gasteiger partial charge in [0, 0.05) is 17.7 Å². The van der Waals surface area contributed by atoms with Gasteiger partial charge in [-0.2, -0.15) is 0 Å². The van der Waals surface area contributed by atoms with Gasteiger partial charge in [-0.3, -0.25) is 4.79 Å². The van der Waals surface area contributed by atoms with Crippen molar-refractivity contribution in [1.82, 2.24) is 0 Å². The third kappa shape index (κ3) is 3.31. The summed E-state index contributed by atoms with van der Waals surface area (Å²) in [4.78, 5) is 11.7. The molecule has 0 aromatic heterocycles. The average Bonchev–Trinajstić information content (AvgIpc) is 2.45. The van der Waals surface area contributed by atoms with E-state index in [2.05, 4.69) is 13.8 Å². The number of aliphatic hydroxyl groups is 1. The number of rotatable bonds is 2. The summed E-state index contributed by atoms with van der Waals surface area (Å²) in [5.74, 6) is 0.645. The predicted octanol–water partition coefficient (Wildman–Crippen LogP) is 3.66. The van der Waals surface area contributed by atoms with Crippen LogP contribution in [0, 0.1) is 5.92 Å². The van der Waals surface area contributed by atoms with Crippen molar-refractivity contribution >= 4 is 28.3 Å². The summed E-state index contributed by atoms with van der Waals surface area (Å²) in [6.45, 7) is 4.52. The van der Waals surface area contributed by atoms with Crippen LogP contribution < -0.4 is 5.73 Å². The molecule has 2 aromatic rings. The molecule has 3 N–H and O–H groups in total. The normalized spacial score (nSPS) is 12.5. The van der Waals surface area contributed by atoms with Gasteiger partial charge in [0.05, 0.1) is 5.56 Å². The maximum Gasteiger partial charge on any atom is 0.188 e. The Hall–Kier alpha value is -2.13. The third-order valence-corrected chi connectivity index (χ3v) is 3.48. The second-order valence-corrected chi connectivity index (χ2v) is 5.58. The first kappa shape index (κ1) is 15.3. The van der Waals surface area contributed by atoms with Crippen molar-refractivity contribution in [2.45, 2.75) is 20.3 Å². The van der Waals surface area contributed by atoms with Crippen LogP contribution in [0.15, 0.2) is 36.4 Å². The van der Waals surface area contributed by atoms with Crippen LogP contribution in [-0.4, -0.2) is 17.5 Å². The van der Waals surface area contributed by atoms with Gasteiger partial charge in [0.25, 0.3) is 0 Å². The predicted molar refractivity (Wildman–Crippen MR) is 88.3 cm³/mol. The van der Waals surface area contributed by atoms with Crippen molar-refractivity contribution in [2.75, 3.05) is 12.3 Å². The van der Waals surface area contributed by atoms with Crippen LogP contribution in [0.5, 0.6) is 0 Å². The fourth-order valence-corrected chi connectivity index (χ4v) is 2.33. The molecule has 1 aliphatic rings. The number of nitrogens with two attached hydrogens (primary N) is 1. The molecule has 2 aromatic carbocycles. The first-order chi connectivity index (χ1) is 10.0. The molecule has 0 saturated heterocycles. The number of hydrogen-bond donors (Lipinski definition) is 2. The van der Waals surface area contributed by atoms with Crippen LogP contribution in [0.25, 0.3) is 16.8 Å². The Morgan fingerprint density at radius 3 is 2.52 bits per heavy atom.